The quantitative estimate of drug-likeness (QED) is 0.686. The molecule has 2 unspecified atom stereocenters. The van der Waals surface area contributed by atoms with E-state index < -0.39 is 11.3 Å². The molecule has 2 atom stereocenters. The summed E-state index contributed by atoms with van der Waals surface area (Å²) in [6.45, 7) is 7.99. The summed E-state index contributed by atoms with van der Waals surface area (Å²) in [4.78, 5) is 23.0. The summed E-state index contributed by atoms with van der Waals surface area (Å²) >= 11 is 0. The Labute approximate surface area is 127 Å². The van der Waals surface area contributed by atoms with E-state index >= 15 is 0 Å². The van der Waals surface area contributed by atoms with Gasteiger partial charge in [0.2, 0.25) is 11.8 Å². The molecule has 6 heteroatoms. The maximum absolute atomic E-state index is 11.9. The van der Waals surface area contributed by atoms with Crippen LogP contribution < -0.4 is 16.4 Å². The maximum atomic E-state index is 11.9. The number of nitrogens with two attached hydrogens (primary N) is 1. The van der Waals surface area contributed by atoms with Crippen molar-refractivity contribution in [3.63, 3.8) is 0 Å². The van der Waals surface area contributed by atoms with Gasteiger partial charge in [0, 0.05) is 13.0 Å². The molecule has 1 heterocycles. The van der Waals surface area contributed by atoms with E-state index in [1.54, 1.807) is 13.8 Å². The minimum absolute atomic E-state index is 0. The van der Waals surface area contributed by atoms with Gasteiger partial charge in [0.05, 0.1) is 5.41 Å². The average molecular weight is 306 g/mol. The van der Waals surface area contributed by atoms with Crippen LogP contribution in [0.25, 0.3) is 0 Å². The molecule has 0 bridgehead atoms. The minimum atomic E-state index is -0.689. The fourth-order valence-corrected chi connectivity index (χ4v) is 2.30. The third-order valence-electron chi connectivity index (χ3n) is 4.04. The Morgan fingerprint density at radius 1 is 1.45 bits per heavy atom. The molecule has 2 amide bonds. The van der Waals surface area contributed by atoms with Gasteiger partial charge in [0.25, 0.3) is 0 Å². The lowest BCUT2D eigenvalue weighted by Gasteiger charge is -2.28. The Balaban J connectivity index is 0.00000361. The highest BCUT2D eigenvalue weighted by Crippen LogP contribution is 2.22. The second-order valence-electron chi connectivity index (χ2n) is 6.31. The van der Waals surface area contributed by atoms with E-state index in [1.165, 1.54) is 12.8 Å². The average Bonchev–Trinajstić information content (AvgIpc) is 2.37. The molecule has 0 radical (unpaired) electrons. The van der Waals surface area contributed by atoms with Crippen LogP contribution in [0.2, 0.25) is 0 Å². The summed E-state index contributed by atoms with van der Waals surface area (Å²) in [5.41, 5.74) is 4.59. The minimum Gasteiger partial charge on any atom is -0.369 e. The van der Waals surface area contributed by atoms with E-state index in [2.05, 4.69) is 17.6 Å². The van der Waals surface area contributed by atoms with Gasteiger partial charge in [-0.25, -0.2) is 0 Å². The number of amides is 2. The monoisotopic (exact) mass is 305 g/mol. The first-order valence-electron chi connectivity index (χ1n) is 7.10. The number of halogens is 1. The molecular formula is C14H28ClN3O2. The molecular weight excluding hydrogens is 278 g/mol. The van der Waals surface area contributed by atoms with Crippen molar-refractivity contribution in [3.8, 4) is 0 Å². The first-order valence-corrected chi connectivity index (χ1v) is 7.10. The molecule has 118 valence electrons. The second-order valence-corrected chi connectivity index (χ2v) is 6.31. The molecule has 0 aromatic carbocycles. The second kappa shape index (κ2) is 8.47. The third-order valence-corrected chi connectivity index (χ3v) is 4.04. The van der Waals surface area contributed by atoms with Crippen LogP contribution in [-0.2, 0) is 9.59 Å². The van der Waals surface area contributed by atoms with Gasteiger partial charge in [-0.15, -0.1) is 12.4 Å². The zero-order valence-electron chi connectivity index (χ0n) is 12.7. The first-order chi connectivity index (χ1) is 8.83. The number of piperidine rings is 1. The van der Waals surface area contributed by atoms with Crippen molar-refractivity contribution in [2.24, 2.45) is 23.0 Å². The molecule has 0 aromatic heterocycles. The Hall–Kier alpha value is -0.810. The van der Waals surface area contributed by atoms with Crippen LogP contribution in [0.4, 0.5) is 0 Å². The lowest BCUT2D eigenvalue weighted by Crippen LogP contribution is -2.43. The molecule has 4 N–H and O–H groups in total. The van der Waals surface area contributed by atoms with Crippen molar-refractivity contribution in [2.75, 3.05) is 19.6 Å². The molecule has 1 fully saturated rings. The predicted octanol–water partition coefficient (Wildman–Crippen LogP) is 1.06. The molecule has 1 aliphatic rings. The van der Waals surface area contributed by atoms with Crippen molar-refractivity contribution in [3.05, 3.63) is 0 Å². The van der Waals surface area contributed by atoms with Crippen molar-refractivity contribution in [1.82, 2.24) is 10.6 Å². The van der Waals surface area contributed by atoms with Crippen molar-refractivity contribution in [1.29, 1.82) is 0 Å². The summed E-state index contributed by atoms with van der Waals surface area (Å²) in [6.07, 6.45) is 2.89. The highest BCUT2D eigenvalue weighted by Gasteiger charge is 2.26. The van der Waals surface area contributed by atoms with Gasteiger partial charge in [-0.05, 0) is 51.6 Å². The van der Waals surface area contributed by atoms with Gasteiger partial charge >= 0.3 is 0 Å². The fourth-order valence-electron chi connectivity index (χ4n) is 2.30. The standard InChI is InChI=1S/C14H27N3O2.ClH/c1-10(11-5-4-6-16-8-11)7-12(18)17-9-14(2,3)13(15)19;/h10-11,16H,4-9H2,1-3H3,(H2,15,19)(H,17,18);1H. The Morgan fingerprint density at radius 2 is 2.10 bits per heavy atom. The van der Waals surface area contributed by atoms with E-state index in [9.17, 15) is 9.59 Å². The van der Waals surface area contributed by atoms with Gasteiger partial charge in [-0.3, -0.25) is 9.59 Å². The smallest absolute Gasteiger partial charge is 0.224 e. The molecule has 1 rings (SSSR count). The number of carbonyl (C=O) groups is 2. The van der Waals surface area contributed by atoms with Gasteiger partial charge in [-0.1, -0.05) is 6.92 Å². The third kappa shape index (κ3) is 6.09. The largest absolute Gasteiger partial charge is 0.369 e. The van der Waals surface area contributed by atoms with Crippen molar-refractivity contribution < 1.29 is 9.59 Å². The summed E-state index contributed by atoms with van der Waals surface area (Å²) in [7, 11) is 0. The van der Waals surface area contributed by atoms with Crippen LogP contribution in [-0.4, -0.2) is 31.4 Å². The Kier molecular flexibility index (Phi) is 8.13. The van der Waals surface area contributed by atoms with Crippen LogP contribution in [0.1, 0.15) is 40.0 Å². The van der Waals surface area contributed by atoms with Gasteiger partial charge < -0.3 is 16.4 Å². The van der Waals surface area contributed by atoms with E-state index in [0.29, 0.717) is 24.8 Å². The maximum Gasteiger partial charge on any atom is 0.224 e. The van der Waals surface area contributed by atoms with Crippen LogP contribution in [0.15, 0.2) is 0 Å². The summed E-state index contributed by atoms with van der Waals surface area (Å²) in [5.74, 6) is 0.554. The van der Waals surface area contributed by atoms with Crippen LogP contribution in [0.3, 0.4) is 0 Å². The summed E-state index contributed by atoms with van der Waals surface area (Å²) < 4.78 is 0. The number of rotatable bonds is 6. The molecule has 0 spiro atoms. The van der Waals surface area contributed by atoms with E-state index in [-0.39, 0.29) is 18.3 Å². The van der Waals surface area contributed by atoms with Gasteiger partial charge in [-0.2, -0.15) is 0 Å². The molecule has 0 saturated carbocycles. The lowest BCUT2D eigenvalue weighted by atomic mass is 9.85. The van der Waals surface area contributed by atoms with Gasteiger partial charge in [0.1, 0.15) is 0 Å². The Morgan fingerprint density at radius 3 is 2.60 bits per heavy atom. The number of hydrogen-bond donors (Lipinski definition) is 3. The molecule has 0 aromatic rings. The fraction of sp³-hybridized carbons (Fsp3) is 0.857. The van der Waals surface area contributed by atoms with E-state index in [0.717, 1.165) is 13.1 Å². The van der Waals surface area contributed by atoms with E-state index in [1.807, 2.05) is 0 Å². The molecule has 20 heavy (non-hydrogen) atoms. The SMILES string of the molecule is CC(CC(=O)NCC(C)(C)C(N)=O)C1CCCNC1.Cl. The molecule has 1 aliphatic heterocycles. The Bertz CT molecular complexity index is 328. The van der Waals surface area contributed by atoms with Crippen LogP contribution >= 0.6 is 12.4 Å². The molecule has 0 aliphatic carbocycles. The highest BCUT2D eigenvalue weighted by molar-refractivity contribution is 5.85. The van der Waals surface area contributed by atoms with Gasteiger partial charge in [0.15, 0.2) is 0 Å². The number of hydrogen-bond acceptors (Lipinski definition) is 3. The zero-order valence-corrected chi connectivity index (χ0v) is 13.5. The van der Waals surface area contributed by atoms with Crippen LogP contribution in [0, 0.1) is 17.3 Å². The first kappa shape index (κ1) is 19.2. The predicted molar refractivity (Wildman–Crippen MR) is 82.6 cm³/mol. The van der Waals surface area contributed by atoms with E-state index in [4.69, 9.17) is 5.73 Å². The van der Waals surface area contributed by atoms with Crippen molar-refractivity contribution >= 4 is 24.2 Å². The number of nitrogens with one attached hydrogen (secondary N) is 2. The topological polar surface area (TPSA) is 84.2 Å². The number of primary amides is 1. The number of carbonyl (C=O) groups excluding carboxylic acids is 2. The van der Waals surface area contributed by atoms with Crippen molar-refractivity contribution in [2.45, 2.75) is 40.0 Å². The molecule has 5 nitrogen and oxygen atoms in total. The molecule has 1 saturated heterocycles. The normalized spacial score (nSPS) is 20.6. The van der Waals surface area contributed by atoms with Crippen LogP contribution in [0.5, 0.6) is 0 Å². The zero-order chi connectivity index (χ0) is 14.5. The summed E-state index contributed by atoms with van der Waals surface area (Å²) in [5, 5.41) is 6.18. The lowest BCUT2D eigenvalue weighted by molar-refractivity contribution is -0.127. The summed E-state index contributed by atoms with van der Waals surface area (Å²) in [6, 6.07) is 0. The highest BCUT2D eigenvalue weighted by atomic mass is 35.5.